The molecule has 1 atom stereocenters. The smallest absolute Gasteiger partial charge is 0.235 e. The van der Waals surface area contributed by atoms with Crippen LogP contribution in [0.2, 0.25) is 0 Å². The molecule has 0 aliphatic carbocycles. The van der Waals surface area contributed by atoms with Crippen LogP contribution in [0.3, 0.4) is 0 Å². The summed E-state index contributed by atoms with van der Waals surface area (Å²) in [6, 6.07) is 7.51. The van der Waals surface area contributed by atoms with Gasteiger partial charge in [-0.3, -0.25) is 10.2 Å². The number of hydrazine groups is 1. The second kappa shape index (κ2) is 5.92. The third-order valence-electron chi connectivity index (χ3n) is 2.91. The number of nitrogens with two attached hydrogens (primary N) is 2. The Morgan fingerprint density at radius 3 is 2.63 bits per heavy atom. The van der Waals surface area contributed by atoms with Crippen LogP contribution in [0.25, 0.3) is 10.4 Å². The monoisotopic (exact) mass is 276 g/mol. The lowest BCUT2D eigenvalue weighted by atomic mass is 10.0. The zero-order valence-electron chi connectivity index (χ0n) is 10.6. The maximum absolute atomic E-state index is 11.2. The number of benzene rings is 1. The highest BCUT2D eigenvalue weighted by molar-refractivity contribution is 7.13. The van der Waals surface area contributed by atoms with Crippen molar-refractivity contribution in [2.24, 2.45) is 11.6 Å². The van der Waals surface area contributed by atoms with Crippen LogP contribution in [0.4, 0.5) is 0 Å². The lowest BCUT2D eigenvalue weighted by molar-refractivity contribution is -0.121. The first-order valence-electron chi connectivity index (χ1n) is 5.87. The second-order valence-electron chi connectivity index (χ2n) is 4.27. The van der Waals surface area contributed by atoms with Crippen molar-refractivity contribution in [3.05, 3.63) is 41.0 Å². The summed E-state index contributed by atoms with van der Waals surface area (Å²) in [5.74, 6) is 4.77. The first-order valence-corrected chi connectivity index (χ1v) is 6.75. The number of aryl methyl sites for hydroxylation is 1. The highest BCUT2D eigenvalue weighted by atomic mass is 32.1. The van der Waals surface area contributed by atoms with Crippen molar-refractivity contribution in [1.29, 1.82) is 0 Å². The van der Waals surface area contributed by atoms with Crippen molar-refractivity contribution in [2.45, 2.75) is 19.4 Å². The average Bonchev–Trinajstić information content (AvgIpc) is 2.85. The van der Waals surface area contributed by atoms with Gasteiger partial charge in [0.2, 0.25) is 5.91 Å². The minimum absolute atomic E-state index is 0.176. The van der Waals surface area contributed by atoms with Crippen molar-refractivity contribution in [2.75, 3.05) is 0 Å². The minimum atomic E-state index is -0.347. The molecule has 0 bridgehead atoms. The Bertz CT molecular complexity index is 564. The molecule has 0 fully saturated rings. The molecule has 0 saturated carbocycles. The summed E-state index contributed by atoms with van der Waals surface area (Å²) in [4.78, 5) is 16.6. The Balaban J connectivity index is 2.15. The lowest BCUT2D eigenvalue weighted by Crippen LogP contribution is -2.32. The number of hydrogen-bond acceptors (Lipinski definition) is 5. The Morgan fingerprint density at radius 2 is 2.11 bits per heavy atom. The van der Waals surface area contributed by atoms with E-state index in [0.29, 0.717) is 0 Å². The van der Waals surface area contributed by atoms with Crippen molar-refractivity contribution >= 4 is 17.2 Å². The van der Waals surface area contributed by atoms with Gasteiger partial charge in [-0.2, -0.15) is 0 Å². The van der Waals surface area contributed by atoms with E-state index < -0.39 is 0 Å². The van der Waals surface area contributed by atoms with Gasteiger partial charge >= 0.3 is 0 Å². The zero-order chi connectivity index (χ0) is 13.8. The fourth-order valence-electron chi connectivity index (χ4n) is 1.84. The number of carbonyl (C=O) groups is 1. The summed E-state index contributed by atoms with van der Waals surface area (Å²) in [5, 5.41) is 0. The molecule has 0 unspecified atom stereocenters. The maximum Gasteiger partial charge on any atom is 0.235 e. The number of thiazole rings is 1. The van der Waals surface area contributed by atoms with Crippen LogP contribution in [0.1, 0.15) is 23.7 Å². The van der Waals surface area contributed by atoms with Crippen molar-refractivity contribution in [3.63, 3.8) is 0 Å². The van der Waals surface area contributed by atoms with Gasteiger partial charge in [0.1, 0.15) is 0 Å². The Morgan fingerprint density at radius 1 is 1.42 bits per heavy atom. The van der Waals surface area contributed by atoms with Crippen molar-refractivity contribution < 1.29 is 4.79 Å². The van der Waals surface area contributed by atoms with Crippen LogP contribution < -0.4 is 17.0 Å². The number of hydrogen-bond donors (Lipinski definition) is 3. The van der Waals surface area contributed by atoms with Gasteiger partial charge in [0.25, 0.3) is 0 Å². The standard InChI is InChI=1S/C13H16N4OS/c1-8-13(19-7-16-8)10-4-2-9(3-5-10)11(14)6-12(18)17-15/h2-5,7,11H,6,14-15H2,1H3,(H,17,18)/t11-/m0/s1. The summed E-state index contributed by atoms with van der Waals surface area (Å²) < 4.78 is 0. The Kier molecular flexibility index (Phi) is 4.26. The molecule has 0 radical (unpaired) electrons. The van der Waals surface area contributed by atoms with E-state index in [9.17, 15) is 4.79 Å². The predicted molar refractivity (Wildman–Crippen MR) is 76.2 cm³/mol. The van der Waals surface area contributed by atoms with E-state index in [2.05, 4.69) is 10.4 Å². The van der Waals surface area contributed by atoms with Gasteiger partial charge < -0.3 is 5.73 Å². The van der Waals surface area contributed by atoms with E-state index in [1.807, 2.05) is 36.7 Å². The van der Waals surface area contributed by atoms with Gasteiger partial charge in [-0.25, -0.2) is 10.8 Å². The van der Waals surface area contributed by atoms with Crippen LogP contribution >= 0.6 is 11.3 Å². The molecule has 1 heterocycles. The molecule has 100 valence electrons. The van der Waals surface area contributed by atoms with Gasteiger partial charge in [-0.1, -0.05) is 24.3 Å². The van der Waals surface area contributed by atoms with E-state index in [-0.39, 0.29) is 18.4 Å². The Hall–Kier alpha value is -1.76. The molecule has 5 nitrogen and oxygen atoms in total. The number of nitrogens with zero attached hydrogens (tertiary/aromatic N) is 1. The quantitative estimate of drug-likeness (QED) is 0.448. The molecular weight excluding hydrogens is 260 g/mol. The van der Waals surface area contributed by atoms with Crippen molar-refractivity contribution in [1.82, 2.24) is 10.4 Å². The van der Waals surface area contributed by atoms with E-state index in [4.69, 9.17) is 11.6 Å². The fraction of sp³-hybridized carbons (Fsp3) is 0.231. The zero-order valence-corrected chi connectivity index (χ0v) is 11.4. The number of nitrogens with one attached hydrogen (secondary N) is 1. The van der Waals surface area contributed by atoms with Gasteiger partial charge in [0.05, 0.1) is 16.1 Å². The van der Waals surface area contributed by atoms with Crippen LogP contribution in [0.5, 0.6) is 0 Å². The van der Waals surface area contributed by atoms with Gasteiger partial charge in [0, 0.05) is 12.5 Å². The fourth-order valence-corrected chi connectivity index (χ4v) is 2.65. The van der Waals surface area contributed by atoms with Gasteiger partial charge in [-0.05, 0) is 18.1 Å². The molecular formula is C13H16N4OS. The molecule has 1 aromatic heterocycles. The van der Waals surface area contributed by atoms with E-state index in [1.54, 1.807) is 11.3 Å². The van der Waals surface area contributed by atoms with Crippen LogP contribution in [-0.4, -0.2) is 10.9 Å². The number of amides is 1. The molecule has 2 aromatic rings. The largest absolute Gasteiger partial charge is 0.324 e. The molecule has 1 aromatic carbocycles. The topological polar surface area (TPSA) is 94.0 Å². The lowest BCUT2D eigenvalue weighted by Gasteiger charge is -2.11. The van der Waals surface area contributed by atoms with E-state index in [1.165, 1.54) is 0 Å². The minimum Gasteiger partial charge on any atom is -0.324 e. The van der Waals surface area contributed by atoms with E-state index >= 15 is 0 Å². The molecule has 6 heteroatoms. The molecule has 2 rings (SSSR count). The van der Waals surface area contributed by atoms with Crippen molar-refractivity contribution in [3.8, 4) is 10.4 Å². The van der Waals surface area contributed by atoms with Crippen LogP contribution in [0.15, 0.2) is 29.8 Å². The van der Waals surface area contributed by atoms with Gasteiger partial charge in [0.15, 0.2) is 0 Å². The first-order chi connectivity index (χ1) is 9.11. The third-order valence-corrected chi connectivity index (χ3v) is 3.89. The highest BCUT2D eigenvalue weighted by Gasteiger charge is 2.11. The summed E-state index contributed by atoms with van der Waals surface area (Å²) in [7, 11) is 0. The normalized spacial score (nSPS) is 12.2. The van der Waals surface area contributed by atoms with Crippen LogP contribution in [0, 0.1) is 6.92 Å². The van der Waals surface area contributed by atoms with Gasteiger partial charge in [-0.15, -0.1) is 11.3 Å². The number of aromatic nitrogens is 1. The highest BCUT2D eigenvalue weighted by Crippen LogP contribution is 2.28. The summed E-state index contributed by atoms with van der Waals surface area (Å²) >= 11 is 1.61. The summed E-state index contributed by atoms with van der Waals surface area (Å²) in [5.41, 5.74) is 12.9. The number of rotatable bonds is 4. The third kappa shape index (κ3) is 3.17. The predicted octanol–water partition coefficient (Wildman–Crippen LogP) is 1.50. The first kappa shape index (κ1) is 13.7. The number of carbonyl (C=O) groups excluding carboxylic acids is 1. The molecule has 0 aliphatic rings. The average molecular weight is 276 g/mol. The summed E-state index contributed by atoms with van der Waals surface area (Å²) in [6.07, 6.45) is 0.176. The molecule has 0 aliphatic heterocycles. The SMILES string of the molecule is Cc1ncsc1-c1ccc([C@@H](N)CC(=O)NN)cc1. The molecule has 19 heavy (non-hydrogen) atoms. The molecule has 1 amide bonds. The van der Waals surface area contributed by atoms with Crippen LogP contribution in [-0.2, 0) is 4.79 Å². The maximum atomic E-state index is 11.2. The van der Waals surface area contributed by atoms with E-state index in [0.717, 1.165) is 21.7 Å². The molecule has 0 saturated heterocycles. The Labute approximate surface area is 115 Å². The summed E-state index contributed by atoms with van der Waals surface area (Å²) in [6.45, 7) is 1.98. The second-order valence-corrected chi connectivity index (χ2v) is 5.12. The molecule has 5 N–H and O–H groups in total. The molecule has 0 spiro atoms.